The molecule has 0 unspecified atom stereocenters. The number of hydrogen-bond acceptors (Lipinski definition) is 3. The molecule has 0 atom stereocenters. The monoisotopic (exact) mass is 238 g/mol. The zero-order valence-corrected chi connectivity index (χ0v) is 10.4. The third-order valence-corrected chi connectivity index (χ3v) is 3.51. The molecule has 1 aliphatic rings. The predicted octanol–water partition coefficient (Wildman–Crippen LogP) is 2.23. The summed E-state index contributed by atoms with van der Waals surface area (Å²) in [5.74, 6) is 0.638. The molecular weight excluding hydrogens is 219 g/mol. The highest BCUT2D eigenvalue weighted by molar-refractivity contribution is 5.55. The third kappa shape index (κ3) is 2.52. The summed E-state index contributed by atoms with van der Waals surface area (Å²) in [7, 11) is 3.65. The number of piperidine rings is 1. The van der Waals surface area contributed by atoms with Crippen LogP contribution in [-0.4, -0.2) is 32.1 Å². The predicted molar refractivity (Wildman–Crippen MR) is 66.8 cm³/mol. The van der Waals surface area contributed by atoms with E-state index in [0.717, 1.165) is 31.5 Å². The van der Waals surface area contributed by atoms with Crippen LogP contribution in [0.2, 0.25) is 0 Å². The van der Waals surface area contributed by atoms with Crippen LogP contribution in [0.1, 0.15) is 24.3 Å². The number of ether oxygens (including phenoxy) is 1. The molecule has 0 amide bonds. The van der Waals surface area contributed by atoms with Gasteiger partial charge in [0.2, 0.25) is 0 Å². The molecule has 0 bridgehead atoms. The van der Waals surface area contributed by atoms with Gasteiger partial charge in [-0.2, -0.15) is 0 Å². The number of nitrogens with two attached hydrogens (primary N) is 1. The van der Waals surface area contributed by atoms with Gasteiger partial charge in [-0.3, -0.25) is 0 Å². The molecule has 1 saturated heterocycles. The summed E-state index contributed by atoms with van der Waals surface area (Å²) < 4.78 is 19.0. The largest absolute Gasteiger partial charge is 0.495 e. The van der Waals surface area contributed by atoms with Gasteiger partial charge in [-0.1, -0.05) is 0 Å². The van der Waals surface area contributed by atoms with Crippen molar-refractivity contribution in [2.45, 2.75) is 18.8 Å². The molecule has 94 valence electrons. The maximum Gasteiger partial charge on any atom is 0.142 e. The van der Waals surface area contributed by atoms with Crippen molar-refractivity contribution in [3.63, 3.8) is 0 Å². The molecular formula is C13H19FN2O. The molecule has 0 radical (unpaired) electrons. The highest BCUT2D eigenvalue weighted by atomic mass is 19.1. The minimum atomic E-state index is -0.210. The summed E-state index contributed by atoms with van der Waals surface area (Å²) in [6.45, 7) is 2.02. The Hall–Kier alpha value is -1.29. The number of nitrogen functional groups attached to an aromatic ring is 1. The number of hydrogen-bond donors (Lipinski definition) is 1. The lowest BCUT2D eigenvalue weighted by Gasteiger charge is -2.29. The van der Waals surface area contributed by atoms with E-state index < -0.39 is 0 Å². The molecule has 2 rings (SSSR count). The van der Waals surface area contributed by atoms with Gasteiger partial charge in [0.15, 0.2) is 0 Å². The summed E-state index contributed by atoms with van der Waals surface area (Å²) in [4.78, 5) is 2.27. The van der Waals surface area contributed by atoms with Gasteiger partial charge in [0.1, 0.15) is 11.6 Å². The lowest BCUT2D eigenvalue weighted by atomic mass is 9.89. The Balaban J connectivity index is 2.25. The molecule has 2 N–H and O–H groups in total. The zero-order valence-electron chi connectivity index (χ0n) is 10.4. The van der Waals surface area contributed by atoms with E-state index in [4.69, 9.17) is 10.5 Å². The van der Waals surface area contributed by atoms with Gasteiger partial charge in [0.05, 0.1) is 12.8 Å². The molecule has 1 aliphatic heterocycles. The normalized spacial score (nSPS) is 18.3. The second-order valence-corrected chi connectivity index (χ2v) is 4.69. The van der Waals surface area contributed by atoms with Gasteiger partial charge in [-0.15, -0.1) is 0 Å². The van der Waals surface area contributed by atoms with E-state index in [1.165, 1.54) is 6.07 Å². The van der Waals surface area contributed by atoms with Crippen LogP contribution < -0.4 is 10.5 Å². The van der Waals surface area contributed by atoms with Crippen LogP contribution in [0.15, 0.2) is 12.1 Å². The smallest absolute Gasteiger partial charge is 0.142 e. The third-order valence-electron chi connectivity index (χ3n) is 3.51. The van der Waals surface area contributed by atoms with E-state index in [1.54, 1.807) is 13.2 Å². The van der Waals surface area contributed by atoms with E-state index in [0.29, 0.717) is 11.4 Å². The van der Waals surface area contributed by atoms with Crippen LogP contribution in [0.4, 0.5) is 10.1 Å². The SMILES string of the molecule is COc1cc(C2CCN(C)CC2)c(F)cc1N. The molecule has 0 spiro atoms. The minimum absolute atomic E-state index is 0.210. The second kappa shape index (κ2) is 4.92. The van der Waals surface area contributed by atoms with Gasteiger partial charge >= 0.3 is 0 Å². The lowest BCUT2D eigenvalue weighted by molar-refractivity contribution is 0.252. The number of methoxy groups -OCH3 is 1. The summed E-state index contributed by atoms with van der Waals surface area (Å²) in [5, 5.41) is 0. The van der Waals surface area contributed by atoms with Crippen molar-refractivity contribution >= 4 is 5.69 Å². The molecule has 1 fully saturated rings. The molecule has 1 aromatic carbocycles. The van der Waals surface area contributed by atoms with Crippen molar-refractivity contribution in [3.05, 3.63) is 23.5 Å². The van der Waals surface area contributed by atoms with Crippen molar-refractivity contribution in [3.8, 4) is 5.75 Å². The fraction of sp³-hybridized carbons (Fsp3) is 0.538. The van der Waals surface area contributed by atoms with E-state index in [-0.39, 0.29) is 11.7 Å². The first-order valence-corrected chi connectivity index (χ1v) is 5.93. The van der Waals surface area contributed by atoms with Crippen molar-refractivity contribution in [2.75, 3.05) is 33.0 Å². The van der Waals surface area contributed by atoms with Crippen LogP contribution in [-0.2, 0) is 0 Å². The molecule has 0 saturated carbocycles. The Morgan fingerprint density at radius 3 is 2.59 bits per heavy atom. The Morgan fingerprint density at radius 1 is 1.35 bits per heavy atom. The zero-order chi connectivity index (χ0) is 12.4. The summed E-state index contributed by atoms with van der Waals surface area (Å²) in [6.07, 6.45) is 1.97. The number of benzene rings is 1. The van der Waals surface area contributed by atoms with Crippen molar-refractivity contribution in [1.29, 1.82) is 0 Å². The van der Waals surface area contributed by atoms with E-state index in [2.05, 4.69) is 11.9 Å². The number of likely N-dealkylation sites (tertiary alicyclic amines) is 1. The molecule has 1 aromatic rings. The molecule has 0 aromatic heterocycles. The second-order valence-electron chi connectivity index (χ2n) is 4.69. The van der Waals surface area contributed by atoms with Gasteiger partial charge in [-0.05, 0) is 50.5 Å². The van der Waals surface area contributed by atoms with Gasteiger partial charge in [-0.25, -0.2) is 4.39 Å². The van der Waals surface area contributed by atoms with Crippen LogP contribution in [0.5, 0.6) is 5.75 Å². The quantitative estimate of drug-likeness (QED) is 0.803. The fourth-order valence-corrected chi connectivity index (χ4v) is 2.39. The number of anilines is 1. The van der Waals surface area contributed by atoms with Crippen molar-refractivity contribution in [2.24, 2.45) is 0 Å². The lowest BCUT2D eigenvalue weighted by Crippen LogP contribution is -2.29. The average Bonchev–Trinajstić information content (AvgIpc) is 2.31. The average molecular weight is 238 g/mol. The number of rotatable bonds is 2. The Morgan fingerprint density at radius 2 is 2.00 bits per heavy atom. The highest BCUT2D eigenvalue weighted by Crippen LogP contribution is 2.34. The summed E-state index contributed by atoms with van der Waals surface area (Å²) in [5.41, 5.74) is 6.78. The maximum absolute atomic E-state index is 13.9. The van der Waals surface area contributed by atoms with Crippen molar-refractivity contribution < 1.29 is 9.13 Å². The molecule has 0 aliphatic carbocycles. The summed E-state index contributed by atoms with van der Waals surface area (Å²) in [6, 6.07) is 3.12. The summed E-state index contributed by atoms with van der Waals surface area (Å²) >= 11 is 0. The Kier molecular flexibility index (Phi) is 3.52. The number of halogens is 1. The highest BCUT2D eigenvalue weighted by Gasteiger charge is 2.22. The molecule has 1 heterocycles. The topological polar surface area (TPSA) is 38.5 Å². The fourth-order valence-electron chi connectivity index (χ4n) is 2.39. The minimum Gasteiger partial charge on any atom is -0.495 e. The first-order chi connectivity index (χ1) is 8.11. The van der Waals surface area contributed by atoms with Crippen LogP contribution in [0, 0.1) is 5.82 Å². The van der Waals surface area contributed by atoms with Crippen molar-refractivity contribution in [1.82, 2.24) is 4.90 Å². The molecule has 17 heavy (non-hydrogen) atoms. The first-order valence-electron chi connectivity index (χ1n) is 5.93. The van der Waals surface area contributed by atoms with Crippen LogP contribution >= 0.6 is 0 Å². The van der Waals surface area contributed by atoms with Crippen LogP contribution in [0.25, 0.3) is 0 Å². The van der Waals surface area contributed by atoms with E-state index >= 15 is 0 Å². The van der Waals surface area contributed by atoms with E-state index in [9.17, 15) is 4.39 Å². The van der Waals surface area contributed by atoms with Gasteiger partial charge < -0.3 is 15.4 Å². The van der Waals surface area contributed by atoms with Gasteiger partial charge in [0.25, 0.3) is 0 Å². The van der Waals surface area contributed by atoms with Gasteiger partial charge in [0, 0.05) is 6.07 Å². The first kappa shape index (κ1) is 12.2. The molecule has 3 nitrogen and oxygen atoms in total. The van der Waals surface area contributed by atoms with Crippen LogP contribution in [0.3, 0.4) is 0 Å². The standard InChI is InChI=1S/C13H19FN2O/c1-16-5-3-9(4-6-16)10-7-13(17-2)12(15)8-11(10)14/h7-9H,3-6,15H2,1-2H3. The Labute approximate surface area is 101 Å². The van der Waals surface area contributed by atoms with E-state index in [1.807, 2.05) is 0 Å². The Bertz CT molecular complexity index is 401. The number of nitrogens with zero attached hydrogens (tertiary/aromatic N) is 1. The molecule has 4 heteroatoms. The maximum atomic E-state index is 13.9.